The lowest BCUT2D eigenvalue weighted by Gasteiger charge is -2.44. The molecule has 0 bridgehead atoms. The Hall–Kier alpha value is -3.68. The summed E-state index contributed by atoms with van der Waals surface area (Å²) in [5.41, 5.74) is -0.0120. The fourth-order valence-corrected chi connectivity index (χ4v) is 13.5. The number of ether oxygens (including phenoxy) is 1. The fraction of sp³-hybridized carbons (Fsp3) is 0.609. The number of nitrogens with one attached hydrogen (secondary N) is 1. The van der Waals surface area contributed by atoms with Gasteiger partial charge in [0.1, 0.15) is 17.4 Å². The largest absolute Gasteiger partial charge is 0.353 e. The Bertz CT molecular complexity index is 2310. The van der Waals surface area contributed by atoms with E-state index in [1.807, 2.05) is 25.1 Å². The number of carbonyl (C=O) groups excluding carboxylic acids is 3. The second kappa shape index (κ2) is 18.3. The molecule has 6 fully saturated rings. The first kappa shape index (κ1) is 45.9. The van der Waals surface area contributed by atoms with Gasteiger partial charge in [-0.05, 0) is 103 Å². The van der Waals surface area contributed by atoms with Crippen molar-refractivity contribution in [2.75, 3.05) is 66.5 Å². The van der Waals surface area contributed by atoms with E-state index in [1.54, 1.807) is 34.8 Å². The predicted molar refractivity (Wildman–Crippen MR) is 239 cm³/mol. The zero-order valence-electron chi connectivity index (χ0n) is 37.1. The number of rotatable bonds is 14. The van der Waals surface area contributed by atoms with E-state index in [9.17, 15) is 31.2 Å². The molecule has 1 N–H and O–H groups in total. The standard InChI is InChI=1S/C24H30N4O4S.C22H33N3O4S/c1-17(29)19-6-8-21(9-7-19)33(31,32)28-22(15-20-3-2-12-25-20)23(30)26-24(28)10-13-27(14-11-24)16-18-4-5-18;1-17(26)19-6-8-21(9-7-19)30(27,28)25-16-20(15-23(2)3)29-22(25)10-12-24(13-11-22)14-18-4-5-18/h3,6-9,12,18,22H,2,4-5,10-11,13-16H2,1H3,(H,26,30);6-9,18,20H,4-5,10-16H2,1-3H3. The maximum absolute atomic E-state index is 14.0. The summed E-state index contributed by atoms with van der Waals surface area (Å²) in [4.78, 5) is 48.0. The number of allylic oxidation sites excluding steroid dienone is 1. The van der Waals surface area contributed by atoms with E-state index < -0.39 is 37.5 Å². The zero-order chi connectivity index (χ0) is 44.7. The van der Waals surface area contributed by atoms with E-state index >= 15 is 0 Å². The van der Waals surface area contributed by atoms with E-state index in [0.717, 1.165) is 56.8 Å². The molecule has 2 aromatic carbocycles. The van der Waals surface area contributed by atoms with Gasteiger partial charge in [0.2, 0.25) is 26.0 Å². The van der Waals surface area contributed by atoms with Crippen LogP contribution in [0.4, 0.5) is 0 Å². The van der Waals surface area contributed by atoms with Crippen LogP contribution in [0.25, 0.3) is 0 Å². The van der Waals surface area contributed by atoms with Crippen LogP contribution in [0.15, 0.2) is 75.1 Å². The van der Waals surface area contributed by atoms with Crippen molar-refractivity contribution in [3.63, 3.8) is 0 Å². The summed E-state index contributed by atoms with van der Waals surface area (Å²) in [7, 11) is -3.77. The second-order valence-corrected chi connectivity index (χ2v) is 22.6. The van der Waals surface area contributed by atoms with Gasteiger partial charge in [0.05, 0.1) is 15.9 Å². The maximum atomic E-state index is 14.0. The van der Waals surface area contributed by atoms with Crippen molar-refractivity contribution in [2.24, 2.45) is 16.8 Å². The number of Topliss-reactive ketones (excluding diaryl/α,β-unsaturated/α-hetero) is 2. The zero-order valence-corrected chi connectivity index (χ0v) is 38.7. The van der Waals surface area contributed by atoms with Gasteiger partial charge in [-0.1, -0.05) is 30.3 Å². The minimum absolute atomic E-state index is 0.0750. The number of ketones is 2. The third kappa shape index (κ3) is 10.1. The molecule has 17 heteroatoms. The van der Waals surface area contributed by atoms with Crippen molar-refractivity contribution in [3.8, 4) is 0 Å². The molecule has 5 heterocycles. The Balaban J connectivity index is 0.000000174. The highest BCUT2D eigenvalue weighted by atomic mass is 32.2. The third-order valence-electron chi connectivity index (χ3n) is 13.7. The van der Waals surface area contributed by atoms with E-state index in [2.05, 4.69) is 20.1 Å². The average molecular weight is 906 g/mol. The highest BCUT2D eigenvalue weighted by Gasteiger charge is 2.58. The number of nitrogens with zero attached hydrogens (tertiary/aromatic N) is 6. The summed E-state index contributed by atoms with van der Waals surface area (Å²) in [6.07, 6.45) is 12.2. The minimum atomic E-state index is -4.00. The van der Waals surface area contributed by atoms with Gasteiger partial charge in [-0.15, -0.1) is 0 Å². The number of carbonyl (C=O) groups is 3. The van der Waals surface area contributed by atoms with Gasteiger partial charge in [-0.3, -0.25) is 19.4 Å². The predicted octanol–water partition coefficient (Wildman–Crippen LogP) is 4.37. The van der Waals surface area contributed by atoms with Crippen LogP contribution in [-0.2, 0) is 29.6 Å². The SMILES string of the molecule is CC(=O)c1ccc(S(=O)(=O)N2C(CC3=CCC=N3)C(=O)NC23CCN(CC2CC2)CC3)cc1.CC(=O)c1ccc(S(=O)(=O)N2CC(CN(C)C)OC23CCN(CC2CC2)CC3)cc1. The summed E-state index contributed by atoms with van der Waals surface area (Å²) in [6, 6.07) is 11.4. The molecule has 4 saturated heterocycles. The first-order valence-corrected chi connectivity index (χ1v) is 25.5. The van der Waals surface area contributed by atoms with Gasteiger partial charge >= 0.3 is 0 Å². The van der Waals surface area contributed by atoms with Crippen LogP contribution in [-0.4, -0.2) is 154 Å². The van der Waals surface area contributed by atoms with E-state index in [1.165, 1.54) is 68.1 Å². The molecule has 2 atom stereocenters. The lowest BCUT2D eigenvalue weighted by atomic mass is 9.97. The van der Waals surface area contributed by atoms with Crippen molar-refractivity contribution >= 4 is 43.7 Å². The van der Waals surface area contributed by atoms with E-state index in [-0.39, 0.29) is 39.8 Å². The van der Waals surface area contributed by atoms with Crippen molar-refractivity contribution < 1.29 is 36.0 Å². The number of amides is 1. The van der Waals surface area contributed by atoms with Crippen LogP contribution in [0.5, 0.6) is 0 Å². The highest BCUT2D eigenvalue weighted by Crippen LogP contribution is 2.43. The fourth-order valence-electron chi connectivity index (χ4n) is 9.87. The van der Waals surface area contributed by atoms with Gasteiger partial charge < -0.3 is 24.8 Å². The Morgan fingerprint density at radius 1 is 0.778 bits per heavy atom. The van der Waals surface area contributed by atoms with Crippen LogP contribution in [0, 0.1) is 11.8 Å². The molecule has 2 aromatic rings. The van der Waals surface area contributed by atoms with Crippen molar-refractivity contribution in [2.45, 2.75) is 111 Å². The van der Waals surface area contributed by atoms with Crippen LogP contribution in [0.3, 0.4) is 0 Å². The Kier molecular flexibility index (Phi) is 13.3. The molecule has 5 aliphatic heterocycles. The molecule has 2 spiro atoms. The van der Waals surface area contributed by atoms with E-state index in [0.29, 0.717) is 56.3 Å². The molecule has 15 nitrogen and oxygen atoms in total. The molecule has 0 aromatic heterocycles. The number of aliphatic imine (C=N–C) groups is 1. The van der Waals surface area contributed by atoms with Crippen LogP contribution in [0.2, 0.25) is 0 Å². The number of hydrogen-bond donors (Lipinski definition) is 1. The molecule has 0 radical (unpaired) electrons. The number of piperidine rings is 2. The highest BCUT2D eigenvalue weighted by molar-refractivity contribution is 7.89. The van der Waals surface area contributed by atoms with Gasteiger partial charge in [0, 0.05) is 101 Å². The molecule has 2 aliphatic carbocycles. The normalized spacial score (nSPS) is 25.3. The van der Waals surface area contributed by atoms with Crippen LogP contribution >= 0.6 is 0 Å². The molecular weight excluding hydrogens is 843 g/mol. The first-order chi connectivity index (χ1) is 30.0. The summed E-state index contributed by atoms with van der Waals surface area (Å²) < 4.78 is 64.7. The number of likely N-dealkylation sites (tertiary alicyclic amines) is 2. The topological polar surface area (TPSA) is 169 Å². The third-order valence-corrected chi connectivity index (χ3v) is 17.6. The summed E-state index contributed by atoms with van der Waals surface area (Å²) in [5, 5.41) is 3.09. The van der Waals surface area contributed by atoms with Gasteiger partial charge in [-0.25, -0.2) is 16.8 Å². The number of likely N-dealkylation sites (N-methyl/N-ethyl adjacent to an activating group) is 1. The molecule has 63 heavy (non-hydrogen) atoms. The lowest BCUT2D eigenvalue weighted by molar-refractivity contribution is -0.121. The summed E-state index contributed by atoms with van der Waals surface area (Å²) >= 11 is 0. The molecule has 1 amide bonds. The lowest BCUT2D eigenvalue weighted by Crippen LogP contribution is -2.60. The Morgan fingerprint density at radius 2 is 1.29 bits per heavy atom. The number of benzene rings is 2. The number of hydrogen-bond acceptors (Lipinski definition) is 12. The summed E-state index contributed by atoms with van der Waals surface area (Å²) in [5.74, 6) is 1.12. The van der Waals surface area contributed by atoms with Crippen molar-refractivity contribution in [1.82, 2.24) is 28.6 Å². The smallest absolute Gasteiger partial charge is 0.245 e. The first-order valence-electron chi connectivity index (χ1n) is 22.6. The van der Waals surface area contributed by atoms with Gasteiger partial charge in [0.15, 0.2) is 11.6 Å². The number of sulfonamides is 2. The molecule has 2 unspecified atom stereocenters. The molecular formula is C46H63N7O8S2. The minimum Gasteiger partial charge on any atom is -0.353 e. The maximum Gasteiger partial charge on any atom is 0.245 e. The Labute approximate surface area is 373 Å². The van der Waals surface area contributed by atoms with Crippen LogP contribution in [0.1, 0.15) is 98.8 Å². The molecule has 7 aliphatic rings. The Morgan fingerprint density at radius 3 is 1.75 bits per heavy atom. The summed E-state index contributed by atoms with van der Waals surface area (Å²) in [6.45, 7) is 9.36. The molecule has 2 saturated carbocycles. The van der Waals surface area contributed by atoms with Crippen molar-refractivity contribution in [3.05, 3.63) is 71.4 Å². The molecule has 9 rings (SSSR count). The second-order valence-electron chi connectivity index (χ2n) is 18.9. The van der Waals surface area contributed by atoms with Gasteiger partial charge in [-0.2, -0.15) is 8.61 Å². The monoisotopic (exact) mass is 905 g/mol. The van der Waals surface area contributed by atoms with E-state index in [4.69, 9.17) is 4.74 Å². The van der Waals surface area contributed by atoms with Crippen LogP contribution < -0.4 is 5.32 Å². The van der Waals surface area contributed by atoms with Crippen molar-refractivity contribution in [1.29, 1.82) is 0 Å². The quantitative estimate of drug-likeness (QED) is 0.268. The van der Waals surface area contributed by atoms with Gasteiger partial charge in [0.25, 0.3) is 0 Å². The average Bonchev–Trinajstić information content (AvgIpc) is 4.14. The molecule has 342 valence electrons.